The second-order valence-corrected chi connectivity index (χ2v) is 5.35. The Hall–Kier alpha value is 0.430. The van der Waals surface area contributed by atoms with E-state index in [0.29, 0.717) is 0 Å². The molecule has 3 unspecified atom stereocenters. The smallest absolute Gasteiger partial charge is 0.0381 e. The average Bonchev–Trinajstić information content (AvgIpc) is 2.51. The van der Waals surface area contributed by atoms with Crippen molar-refractivity contribution in [2.45, 2.75) is 58.3 Å². The van der Waals surface area contributed by atoms with Crippen LogP contribution < -0.4 is 0 Å². The molecule has 3 atom stereocenters. The molecule has 1 aliphatic rings. The third-order valence-corrected chi connectivity index (χ3v) is 3.78. The van der Waals surface area contributed by atoms with Crippen LogP contribution in [0, 0.1) is 11.8 Å². The van der Waals surface area contributed by atoms with Crippen LogP contribution in [0.1, 0.15) is 58.3 Å². The monoisotopic (exact) mass is 200 g/mol. The molecule has 78 valence electrons. The lowest BCUT2D eigenvalue weighted by Crippen LogP contribution is -1.94. The SMILES string of the molecule is CC1CCC(CCCCCCP)C1. The van der Waals surface area contributed by atoms with Crippen molar-refractivity contribution in [3.8, 4) is 0 Å². The van der Waals surface area contributed by atoms with Crippen LogP contribution in [-0.2, 0) is 0 Å². The van der Waals surface area contributed by atoms with Gasteiger partial charge in [-0.2, -0.15) is 0 Å². The lowest BCUT2D eigenvalue weighted by molar-refractivity contribution is 0.451. The molecule has 0 aromatic heterocycles. The van der Waals surface area contributed by atoms with Crippen molar-refractivity contribution >= 4 is 9.24 Å². The summed E-state index contributed by atoms with van der Waals surface area (Å²) >= 11 is 0. The second kappa shape index (κ2) is 6.82. The molecule has 0 aliphatic heterocycles. The van der Waals surface area contributed by atoms with Gasteiger partial charge in [0.05, 0.1) is 0 Å². The minimum atomic E-state index is 1.03. The van der Waals surface area contributed by atoms with E-state index in [1.165, 1.54) is 57.5 Å². The third-order valence-electron chi connectivity index (χ3n) is 3.37. The molecule has 0 heterocycles. The van der Waals surface area contributed by atoms with Crippen molar-refractivity contribution < 1.29 is 0 Å². The molecule has 1 heteroatoms. The van der Waals surface area contributed by atoms with Crippen LogP contribution in [0.2, 0.25) is 0 Å². The highest BCUT2D eigenvalue weighted by Gasteiger charge is 2.20. The molecule has 0 amide bonds. The van der Waals surface area contributed by atoms with Gasteiger partial charge in [0, 0.05) is 0 Å². The maximum absolute atomic E-state index is 2.82. The van der Waals surface area contributed by atoms with Crippen LogP contribution in [0.4, 0.5) is 0 Å². The maximum atomic E-state index is 2.82. The van der Waals surface area contributed by atoms with Gasteiger partial charge >= 0.3 is 0 Å². The first kappa shape index (κ1) is 11.5. The van der Waals surface area contributed by atoms with Gasteiger partial charge in [0.15, 0.2) is 0 Å². The molecule has 1 aliphatic carbocycles. The zero-order chi connectivity index (χ0) is 9.52. The Morgan fingerprint density at radius 3 is 2.46 bits per heavy atom. The van der Waals surface area contributed by atoms with Gasteiger partial charge in [-0.15, -0.1) is 9.24 Å². The van der Waals surface area contributed by atoms with Crippen LogP contribution in [0.15, 0.2) is 0 Å². The first-order chi connectivity index (χ1) is 6.33. The van der Waals surface area contributed by atoms with Crippen LogP contribution in [0.3, 0.4) is 0 Å². The van der Waals surface area contributed by atoms with Gasteiger partial charge in [-0.1, -0.05) is 45.4 Å². The fourth-order valence-electron chi connectivity index (χ4n) is 2.52. The Labute approximate surface area is 86.1 Å². The molecule has 0 bridgehead atoms. The first-order valence-electron chi connectivity index (χ1n) is 6.03. The Kier molecular flexibility index (Phi) is 6.04. The number of rotatable bonds is 6. The number of unbranched alkanes of at least 4 members (excludes halogenated alkanes) is 3. The standard InChI is InChI=1S/C12H25P/c1-11-7-8-12(10-11)6-4-2-3-5-9-13/h11-12H,2-10,13H2,1H3. The van der Waals surface area contributed by atoms with Gasteiger partial charge in [0.1, 0.15) is 0 Å². The van der Waals surface area contributed by atoms with Gasteiger partial charge in [-0.05, 0) is 30.8 Å². The van der Waals surface area contributed by atoms with Crippen molar-refractivity contribution in [3.05, 3.63) is 0 Å². The quantitative estimate of drug-likeness (QED) is 0.444. The fourth-order valence-corrected chi connectivity index (χ4v) is 2.81. The van der Waals surface area contributed by atoms with Crippen LogP contribution >= 0.6 is 9.24 Å². The molecule has 1 saturated carbocycles. The summed E-state index contributed by atoms with van der Waals surface area (Å²) in [5, 5.41) is 0. The van der Waals surface area contributed by atoms with Gasteiger partial charge in [0.25, 0.3) is 0 Å². The molecular formula is C12H25P. The summed E-state index contributed by atoms with van der Waals surface area (Å²) in [5.41, 5.74) is 0. The minimum Gasteiger partial charge on any atom is -0.138 e. The van der Waals surface area contributed by atoms with Crippen molar-refractivity contribution in [2.75, 3.05) is 6.16 Å². The summed E-state index contributed by atoms with van der Waals surface area (Å²) in [6.07, 6.45) is 13.2. The molecule has 0 nitrogen and oxygen atoms in total. The van der Waals surface area contributed by atoms with E-state index < -0.39 is 0 Å². The molecule has 0 aromatic rings. The van der Waals surface area contributed by atoms with Crippen molar-refractivity contribution in [3.63, 3.8) is 0 Å². The largest absolute Gasteiger partial charge is 0.138 e. The fraction of sp³-hybridized carbons (Fsp3) is 1.00. The van der Waals surface area contributed by atoms with E-state index in [1.807, 2.05) is 0 Å². The van der Waals surface area contributed by atoms with E-state index in [2.05, 4.69) is 16.2 Å². The highest BCUT2D eigenvalue weighted by atomic mass is 31.0. The lowest BCUT2D eigenvalue weighted by atomic mass is 9.98. The third kappa shape index (κ3) is 5.01. The Morgan fingerprint density at radius 2 is 1.85 bits per heavy atom. The average molecular weight is 200 g/mol. The molecule has 0 N–H and O–H groups in total. The summed E-state index contributed by atoms with van der Waals surface area (Å²) in [4.78, 5) is 0. The highest BCUT2D eigenvalue weighted by Crippen LogP contribution is 2.33. The zero-order valence-electron chi connectivity index (χ0n) is 9.10. The Bertz CT molecular complexity index is 122. The zero-order valence-corrected chi connectivity index (χ0v) is 10.3. The van der Waals surface area contributed by atoms with E-state index in [9.17, 15) is 0 Å². The Balaban J connectivity index is 1.88. The minimum absolute atomic E-state index is 1.03. The highest BCUT2D eigenvalue weighted by molar-refractivity contribution is 7.16. The predicted octanol–water partition coefficient (Wildman–Crippen LogP) is 4.25. The summed E-state index contributed by atoms with van der Waals surface area (Å²) in [6, 6.07) is 0. The molecule has 0 radical (unpaired) electrons. The van der Waals surface area contributed by atoms with Gasteiger partial charge in [0.2, 0.25) is 0 Å². The van der Waals surface area contributed by atoms with Crippen LogP contribution in [0.25, 0.3) is 0 Å². The van der Waals surface area contributed by atoms with E-state index in [4.69, 9.17) is 0 Å². The van der Waals surface area contributed by atoms with Gasteiger partial charge < -0.3 is 0 Å². The molecule has 13 heavy (non-hydrogen) atoms. The van der Waals surface area contributed by atoms with E-state index >= 15 is 0 Å². The van der Waals surface area contributed by atoms with E-state index in [1.54, 1.807) is 0 Å². The van der Waals surface area contributed by atoms with E-state index in [0.717, 1.165) is 11.8 Å². The summed E-state index contributed by atoms with van der Waals surface area (Å²) in [7, 11) is 2.82. The first-order valence-corrected chi connectivity index (χ1v) is 6.84. The second-order valence-electron chi connectivity index (χ2n) is 4.78. The topological polar surface area (TPSA) is 0 Å². The molecule has 1 fully saturated rings. The maximum Gasteiger partial charge on any atom is -0.0381 e. The molecule has 0 saturated heterocycles. The van der Waals surface area contributed by atoms with Crippen molar-refractivity contribution in [2.24, 2.45) is 11.8 Å². The summed E-state index contributed by atoms with van der Waals surface area (Å²) in [6.45, 7) is 2.41. The predicted molar refractivity (Wildman–Crippen MR) is 64.2 cm³/mol. The molecule has 0 spiro atoms. The van der Waals surface area contributed by atoms with Crippen LogP contribution in [0.5, 0.6) is 0 Å². The van der Waals surface area contributed by atoms with Crippen LogP contribution in [-0.4, -0.2) is 6.16 Å². The Morgan fingerprint density at radius 1 is 1.08 bits per heavy atom. The number of hydrogen-bond acceptors (Lipinski definition) is 0. The van der Waals surface area contributed by atoms with Gasteiger partial charge in [-0.3, -0.25) is 0 Å². The molecule has 0 aromatic carbocycles. The van der Waals surface area contributed by atoms with Gasteiger partial charge in [-0.25, -0.2) is 0 Å². The lowest BCUT2D eigenvalue weighted by Gasteiger charge is -2.08. The molecular weight excluding hydrogens is 175 g/mol. The van der Waals surface area contributed by atoms with Crippen molar-refractivity contribution in [1.29, 1.82) is 0 Å². The molecule has 1 rings (SSSR count). The van der Waals surface area contributed by atoms with E-state index in [-0.39, 0.29) is 0 Å². The number of hydrogen-bond donors (Lipinski definition) is 0. The summed E-state index contributed by atoms with van der Waals surface area (Å²) < 4.78 is 0. The van der Waals surface area contributed by atoms with Crippen molar-refractivity contribution in [1.82, 2.24) is 0 Å². The normalized spacial score (nSPS) is 28.2. The summed E-state index contributed by atoms with van der Waals surface area (Å²) in [5.74, 6) is 2.11.